The highest BCUT2D eigenvalue weighted by molar-refractivity contribution is 6.12. The van der Waals surface area contributed by atoms with Gasteiger partial charge < -0.3 is 21.3 Å². The number of nitrogens with one attached hydrogen (secondary N) is 1. The molecule has 2 aromatic heterocycles. The van der Waals surface area contributed by atoms with E-state index in [0.29, 0.717) is 28.1 Å². The average molecular weight is 462 g/mol. The highest BCUT2D eigenvalue weighted by Gasteiger charge is 2.27. The van der Waals surface area contributed by atoms with Gasteiger partial charge in [0.15, 0.2) is 0 Å². The van der Waals surface area contributed by atoms with Crippen LogP contribution in [0.3, 0.4) is 0 Å². The number of rotatable bonds is 4. The lowest BCUT2D eigenvalue weighted by Crippen LogP contribution is -2.34. The molecule has 1 saturated carbocycles. The summed E-state index contributed by atoms with van der Waals surface area (Å²) in [7, 11) is 0. The number of amides is 1. The molecule has 2 fully saturated rings. The molecule has 0 spiro atoms. The number of carbonyl (C=O) groups is 1. The van der Waals surface area contributed by atoms with Crippen molar-refractivity contribution in [2.75, 3.05) is 36.4 Å². The fraction of sp³-hybridized carbons (Fsp3) is 0.423. The Morgan fingerprint density at radius 1 is 1.18 bits per heavy atom. The fourth-order valence-corrected chi connectivity index (χ4v) is 5.36. The second kappa shape index (κ2) is 9.64. The molecule has 5 rings (SSSR count). The summed E-state index contributed by atoms with van der Waals surface area (Å²) in [6.45, 7) is 5.28. The van der Waals surface area contributed by atoms with Gasteiger partial charge >= 0.3 is 0 Å². The van der Waals surface area contributed by atoms with Gasteiger partial charge in [0.1, 0.15) is 5.82 Å². The zero-order chi connectivity index (χ0) is 23.7. The molecule has 1 saturated heterocycles. The molecular formula is C26H30FN6O-. The zero-order valence-corrected chi connectivity index (χ0v) is 19.4. The number of nitrogens with two attached hydrogens (primary N) is 1. The highest BCUT2D eigenvalue weighted by atomic mass is 19.1. The smallest absolute Gasteiger partial charge is 0.257 e. The Balaban J connectivity index is 1.44. The van der Waals surface area contributed by atoms with Gasteiger partial charge in [-0.25, -0.2) is 4.39 Å². The molecule has 2 aliphatic rings. The molecule has 0 unspecified atom stereocenters. The van der Waals surface area contributed by atoms with Crippen LogP contribution in [0.4, 0.5) is 15.8 Å². The van der Waals surface area contributed by atoms with Gasteiger partial charge in [-0.1, -0.05) is 6.92 Å². The summed E-state index contributed by atoms with van der Waals surface area (Å²) in [6, 6.07) is 6.72. The van der Waals surface area contributed by atoms with Gasteiger partial charge in [-0.05, 0) is 74.0 Å². The van der Waals surface area contributed by atoms with Crippen molar-refractivity contribution in [2.24, 2.45) is 11.7 Å². The lowest BCUT2D eigenvalue weighted by Gasteiger charge is -2.36. The predicted octanol–water partition coefficient (Wildman–Crippen LogP) is 4.45. The Kier molecular flexibility index (Phi) is 6.43. The van der Waals surface area contributed by atoms with Crippen LogP contribution in [-0.4, -0.2) is 48.1 Å². The molecule has 3 heterocycles. The van der Waals surface area contributed by atoms with Gasteiger partial charge in [0.25, 0.3) is 5.91 Å². The molecule has 3 atom stereocenters. The monoisotopic (exact) mass is 461 g/mol. The molecule has 7 nitrogen and oxygen atoms in total. The topological polar surface area (TPSA) is 98.2 Å². The molecular weight excluding hydrogens is 431 g/mol. The SMILES string of the molecule is C[C@@H]1C[C@H](N)C[C@H](c2ccncc2NC(=O)c2ccc(F)c3cc(N4CC[N-]CC4)cnc23)C1. The molecule has 3 N–H and O–H groups in total. The number of piperazine rings is 1. The lowest BCUT2D eigenvalue weighted by atomic mass is 9.76. The third kappa shape index (κ3) is 4.60. The molecule has 1 aliphatic carbocycles. The number of carbonyl (C=O) groups excluding carboxylic acids is 1. The van der Waals surface area contributed by atoms with Crippen LogP contribution in [0, 0.1) is 11.7 Å². The van der Waals surface area contributed by atoms with E-state index in [2.05, 4.69) is 32.4 Å². The predicted molar refractivity (Wildman–Crippen MR) is 133 cm³/mol. The first-order valence-electron chi connectivity index (χ1n) is 12.0. The first-order chi connectivity index (χ1) is 16.5. The van der Waals surface area contributed by atoms with Crippen molar-refractivity contribution < 1.29 is 9.18 Å². The number of anilines is 2. The number of fused-ring (bicyclic) bond motifs is 1. The number of aromatic nitrogens is 2. The standard InChI is InChI=1S/C26H30FN6O/c1-16-10-17(12-18(28)11-16)20-4-5-30-15-24(20)32-26(34)21-2-3-23(27)22-13-19(14-31-25(21)22)33-8-6-29-7-9-33/h2-5,13-18H,6-12,28H2,1H3,(H,32,34)/q-1/t16-,17+,18-/m0/s1. The van der Waals surface area contributed by atoms with E-state index in [-0.39, 0.29) is 17.9 Å². The maximum Gasteiger partial charge on any atom is 0.257 e. The number of hydrogen-bond acceptors (Lipinski definition) is 5. The summed E-state index contributed by atoms with van der Waals surface area (Å²) in [5.41, 5.74) is 9.52. The van der Waals surface area contributed by atoms with Crippen molar-refractivity contribution in [3.63, 3.8) is 0 Å². The van der Waals surface area contributed by atoms with E-state index in [1.165, 1.54) is 12.1 Å². The molecule has 1 aromatic carbocycles. The van der Waals surface area contributed by atoms with E-state index in [1.807, 2.05) is 6.07 Å². The average Bonchev–Trinajstić information content (AvgIpc) is 2.84. The van der Waals surface area contributed by atoms with Crippen LogP contribution in [0.5, 0.6) is 0 Å². The quantitative estimate of drug-likeness (QED) is 0.598. The second-order valence-electron chi connectivity index (χ2n) is 9.53. The van der Waals surface area contributed by atoms with Gasteiger partial charge in [0.2, 0.25) is 0 Å². The molecule has 1 amide bonds. The van der Waals surface area contributed by atoms with Crippen LogP contribution >= 0.6 is 0 Å². The number of nitrogens with zero attached hydrogens (tertiary/aromatic N) is 4. The van der Waals surface area contributed by atoms with E-state index >= 15 is 0 Å². The van der Waals surface area contributed by atoms with Crippen molar-refractivity contribution in [3.05, 3.63) is 65.1 Å². The summed E-state index contributed by atoms with van der Waals surface area (Å²) >= 11 is 0. The molecule has 178 valence electrons. The van der Waals surface area contributed by atoms with Gasteiger partial charge in [-0.15, -0.1) is 13.1 Å². The van der Waals surface area contributed by atoms with E-state index < -0.39 is 5.82 Å². The largest absolute Gasteiger partial charge is 0.659 e. The Bertz CT molecular complexity index is 1190. The molecule has 34 heavy (non-hydrogen) atoms. The van der Waals surface area contributed by atoms with Crippen molar-refractivity contribution >= 4 is 28.2 Å². The summed E-state index contributed by atoms with van der Waals surface area (Å²) in [5.74, 6) is 0.0664. The number of hydrogen-bond donors (Lipinski definition) is 2. The maximum absolute atomic E-state index is 14.8. The van der Waals surface area contributed by atoms with Gasteiger partial charge in [-0.3, -0.25) is 14.8 Å². The van der Waals surface area contributed by atoms with E-state index in [0.717, 1.165) is 56.7 Å². The van der Waals surface area contributed by atoms with Gasteiger partial charge in [0.05, 0.1) is 34.8 Å². The van der Waals surface area contributed by atoms with Crippen LogP contribution in [0.15, 0.2) is 42.9 Å². The maximum atomic E-state index is 14.8. The summed E-state index contributed by atoms with van der Waals surface area (Å²) in [5, 5.41) is 7.71. The highest BCUT2D eigenvalue weighted by Crippen LogP contribution is 2.38. The third-order valence-corrected chi connectivity index (χ3v) is 6.97. The van der Waals surface area contributed by atoms with Crippen molar-refractivity contribution in [1.29, 1.82) is 0 Å². The van der Waals surface area contributed by atoms with Crippen LogP contribution in [0.2, 0.25) is 0 Å². The first kappa shape index (κ1) is 22.7. The Hall–Kier alpha value is -3.10. The summed E-state index contributed by atoms with van der Waals surface area (Å²) < 4.78 is 14.8. The number of benzene rings is 1. The lowest BCUT2D eigenvalue weighted by molar-refractivity contribution is 0.102. The van der Waals surface area contributed by atoms with Crippen LogP contribution in [0.25, 0.3) is 16.2 Å². The van der Waals surface area contributed by atoms with E-state index in [1.54, 1.807) is 24.7 Å². The normalized spacial score (nSPS) is 23.1. The van der Waals surface area contributed by atoms with Crippen LogP contribution in [-0.2, 0) is 0 Å². The van der Waals surface area contributed by atoms with E-state index in [4.69, 9.17) is 5.73 Å². The minimum atomic E-state index is -0.394. The molecule has 0 radical (unpaired) electrons. The Labute approximate surface area is 199 Å². The van der Waals surface area contributed by atoms with Crippen LogP contribution < -0.4 is 16.0 Å². The van der Waals surface area contributed by atoms with Crippen LogP contribution in [0.1, 0.15) is 48.0 Å². The summed E-state index contributed by atoms with van der Waals surface area (Å²) in [6.07, 6.45) is 8.06. The van der Waals surface area contributed by atoms with Gasteiger partial charge in [0, 0.05) is 17.6 Å². The van der Waals surface area contributed by atoms with Crippen molar-refractivity contribution in [2.45, 2.75) is 38.1 Å². The molecule has 0 bridgehead atoms. The number of halogens is 1. The molecule has 8 heteroatoms. The second-order valence-corrected chi connectivity index (χ2v) is 9.53. The van der Waals surface area contributed by atoms with E-state index in [9.17, 15) is 9.18 Å². The minimum absolute atomic E-state index is 0.151. The molecule has 3 aromatic rings. The number of pyridine rings is 2. The van der Waals surface area contributed by atoms with Gasteiger partial charge in [-0.2, -0.15) is 0 Å². The fourth-order valence-electron chi connectivity index (χ4n) is 5.36. The Morgan fingerprint density at radius 3 is 2.79 bits per heavy atom. The van der Waals surface area contributed by atoms with Crippen molar-refractivity contribution in [3.8, 4) is 0 Å². The third-order valence-electron chi connectivity index (χ3n) is 6.97. The zero-order valence-electron chi connectivity index (χ0n) is 19.4. The molecule has 1 aliphatic heterocycles. The summed E-state index contributed by atoms with van der Waals surface area (Å²) in [4.78, 5) is 24.2. The minimum Gasteiger partial charge on any atom is -0.659 e. The first-order valence-corrected chi connectivity index (χ1v) is 12.0. The Morgan fingerprint density at radius 2 is 2.00 bits per heavy atom. The van der Waals surface area contributed by atoms with Crippen molar-refractivity contribution in [1.82, 2.24) is 9.97 Å².